The molecular formula is C12H11ClN2O2. The molecule has 1 aromatic carbocycles. The van der Waals surface area contributed by atoms with Gasteiger partial charge in [0.05, 0.1) is 7.11 Å². The van der Waals surface area contributed by atoms with Gasteiger partial charge in [0, 0.05) is 6.07 Å². The zero-order chi connectivity index (χ0) is 12.3. The maximum absolute atomic E-state index is 5.83. The molecule has 0 unspecified atom stereocenters. The van der Waals surface area contributed by atoms with Crippen LogP contribution in [0.25, 0.3) is 0 Å². The second-order valence-corrected chi connectivity index (χ2v) is 3.72. The van der Waals surface area contributed by atoms with E-state index in [0.717, 1.165) is 0 Å². The Labute approximate surface area is 104 Å². The third-order valence-corrected chi connectivity index (χ3v) is 2.26. The molecule has 0 spiro atoms. The summed E-state index contributed by atoms with van der Waals surface area (Å²) in [6.07, 6.45) is 0. The van der Waals surface area contributed by atoms with Gasteiger partial charge in [-0.2, -0.15) is 4.98 Å². The van der Waals surface area contributed by atoms with Crippen LogP contribution in [-0.4, -0.2) is 17.1 Å². The lowest BCUT2D eigenvalue weighted by molar-refractivity contribution is 0.373. The molecule has 0 saturated carbocycles. The summed E-state index contributed by atoms with van der Waals surface area (Å²) in [6.45, 7) is 1.75. The highest BCUT2D eigenvalue weighted by Crippen LogP contribution is 2.30. The number of hydrogen-bond donors (Lipinski definition) is 0. The highest BCUT2D eigenvalue weighted by Gasteiger charge is 2.06. The van der Waals surface area contributed by atoms with E-state index in [0.29, 0.717) is 28.4 Å². The summed E-state index contributed by atoms with van der Waals surface area (Å²) in [4.78, 5) is 8.09. The number of rotatable bonds is 3. The van der Waals surface area contributed by atoms with Gasteiger partial charge in [-0.3, -0.25) is 0 Å². The second-order valence-electron chi connectivity index (χ2n) is 3.33. The van der Waals surface area contributed by atoms with Crippen LogP contribution in [0.4, 0.5) is 0 Å². The molecule has 0 amide bonds. The average molecular weight is 251 g/mol. The molecule has 5 heteroatoms. The number of para-hydroxylation sites is 2. The Balaban J connectivity index is 2.31. The minimum atomic E-state index is 0.349. The number of aryl methyl sites for hydroxylation is 1. The standard InChI is InChI=1S/C12H11ClN2O2/c1-8-14-11(13)7-12(15-8)17-10-6-4-3-5-9(10)16-2/h3-7H,1-2H3. The molecule has 0 N–H and O–H groups in total. The predicted octanol–water partition coefficient (Wildman–Crippen LogP) is 3.24. The van der Waals surface area contributed by atoms with Gasteiger partial charge in [0.25, 0.3) is 0 Å². The Morgan fingerprint density at radius 3 is 2.47 bits per heavy atom. The fraction of sp³-hybridized carbons (Fsp3) is 0.167. The molecular weight excluding hydrogens is 240 g/mol. The Hall–Kier alpha value is -1.81. The molecule has 2 rings (SSSR count). The minimum absolute atomic E-state index is 0.349. The second kappa shape index (κ2) is 5.01. The zero-order valence-electron chi connectivity index (χ0n) is 9.48. The molecule has 1 heterocycles. The van der Waals surface area contributed by atoms with Crippen molar-refractivity contribution in [3.63, 3.8) is 0 Å². The summed E-state index contributed by atoms with van der Waals surface area (Å²) < 4.78 is 10.8. The molecule has 17 heavy (non-hydrogen) atoms. The van der Waals surface area contributed by atoms with Gasteiger partial charge in [0.15, 0.2) is 11.5 Å². The van der Waals surface area contributed by atoms with E-state index in [1.165, 1.54) is 0 Å². The first kappa shape index (κ1) is 11.7. The van der Waals surface area contributed by atoms with Crippen LogP contribution in [0.2, 0.25) is 5.15 Å². The van der Waals surface area contributed by atoms with Crippen molar-refractivity contribution in [2.45, 2.75) is 6.92 Å². The summed E-state index contributed by atoms with van der Waals surface area (Å²) in [5.41, 5.74) is 0. The molecule has 2 aromatic rings. The van der Waals surface area contributed by atoms with Crippen molar-refractivity contribution in [2.24, 2.45) is 0 Å². The van der Waals surface area contributed by atoms with Gasteiger partial charge in [0.1, 0.15) is 11.0 Å². The SMILES string of the molecule is COc1ccccc1Oc1cc(Cl)nc(C)n1. The van der Waals surface area contributed by atoms with Crippen molar-refractivity contribution in [1.82, 2.24) is 9.97 Å². The topological polar surface area (TPSA) is 44.2 Å². The molecule has 0 radical (unpaired) electrons. The largest absolute Gasteiger partial charge is 0.493 e. The first-order valence-electron chi connectivity index (χ1n) is 5.01. The number of methoxy groups -OCH3 is 1. The molecule has 0 bridgehead atoms. The van der Waals surface area contributed by atoms with Crippen molar-refractivity contribution < 1.29 is 9.47 Å². The molecule has 0 fully saturated rings. The summed E-state index contributed by atoms with van der Waals surface area (Å²) >= 11 is 5.83. The summed E-state index contributed by atoms with van der Waals surface area (Å²) in [7, 11) is 1.58. The molecule has 4 nitrogen and oxygen atoms in total. The molecule has 0 saturated heterocycles. The van der Waals surface area contributed by atoms with Gasteiger partial charge in [-0.1, -0.05) is 23.7 Å². The smallest absolute Gasteiger partial charge is 0.224 e. The number of hydrogen-bond acceptors (Lipinski definition) is 4. The van der Waals surface area contributed by atoms with Crippen LogP contribution in [0.3, 0.4) is 0 Å². The van der Waals surface area contributed by atoms with E-state index in [-0.39, 0.29) is 0 Å². The monoisotopic (exact) mass is 250 g/mol. The van der Waals surface area contributed by atoms with Crippen LogP contribution in [0, 0.1) is 6.92 Å². The van der Waals surface area contributed by atoms with Crippen molar-refractivity contribution in [2.75, 3.05) is 7.11 Å². The van der Waals surface area contributed by atoms with Crippen LogP contribution in [0.1, 0.15) is 5.82 Å². The Kier molecular flexibility index (Phi) is 3.44. The van der Waals surface area contributed by atoms with Crippen LogP contribution in [-0.2, 0) is 0 Å². The lowest BCUT2D eigenvalue weighted by Crippen LogP contribution is -1.95. The highest BCUT2D eigenvalue weighted by atomic mass is 35.5. The van der Waals surface area contributed by atoms with E-state index in [9.17, 15) is 0 Å². The molecule has 0 aliphatic heterocycles. The Morgan fingerprint density at radius 2 is 1.82 bits per heavy atom. The quantitative estimate of drug-likeness (QED) is 0.785. The van der Waals surface area contributed by atoms with Gasteiger partial charge in [-0.15, -0.1) is 0 Å². The van der Waals surface area contributed by atoms with Crippen LogP contribution in [0.5, 0.6) is 17.4 Å². The van der Waals surface area contributed by atoms with Crippen LogP contribution < -0.4 is 9.47 Å². The number of nitrogens with zero attached hydrogens (tertiary/aromatic N) is 2. The van der Waals surface area contributed by atoms with Crippen molar-refractivity contribution >= 4 is 11.6 Å². The number of aromatic nitrogens is 2. The molecule has 88 valence electrons. The van der Waals surface area contributed by atoms with Gasteiger partial charge in [-0.25, -0.2) is 4.98 Å². The molecule has 0 aliphatic carbocycles. The minimum Gasteiger partial charge on any atom is -0.493 e. The van der Waals surface area contributed by atoms with E-state index < -0.39 is 0 Å². The Morgan fingerprint density at radius 1 is 1.12 bits per heavy atom. The summed E-state index contributed by atoms with van der Waals surface area (Å²) in [6, 6.07) is 8.88. The third-order valence-electron chi connectivity index (χ3n) is 2.07. The lowest BCUT2D eigenvalue weighted by Gasteiger charge is -2.09. The van der Waals surface area contributed by atoms with Crippen molar-refractivity contribution in [3.05, 3.63) is 41.3 Å². The van der Waals surface area contributed by atoms with Gasteiger partial charge in [0.2, 0.25) is 5.88 Å². The fourth-order valence-corrected chi connectivity index (χ4v) is 1.59. The van der Waals surface area contributed by atoms with Gasteiger partial charge in [-0.05, 0) is 19.1 Å². The van der Waals surface area contributed by atoms with E-state index in [1.807, 2.05) is 18.2 Å². The van der Waals surface area contributed by atoms with E-state index in [1.54, 1.807) is 26.2 Å². The highest BCUT2D eigenvalue weighted by molar-refractivity contribution is 6.29. The number of ether oxygens (including phenoxy) is 2. The number of halogens is 1. The normalized spacial score (nSPS) is 10.1. The van der Waals surface area contributed by atoms with Crippen LogP contribution >= 0.6 is 11.6 Å². The van der Waals surface area contributed by atoms with Crippen LogP contribution in [0.15, 0.2) is 30.3 Å². The lowest BCUT2D eigenvalue weighted by atomic mass is 10.3. The van der Waals surface area contributed by atoms with Gasteiger partial charge >= 0.3 is 0 Å². The molecule has 0 aliphatic rings. The van der Waals surface area contributed by atoms with Crippen molar-refractivity contribution in [3.8, 4) is 17.4 Å². The first-order chi connectivity index (χ1) is 8.19. The average Bonchev–Trinajstić information content (AvgIpc) is 2.28. The molecule has 0 atom stereocenters. The summed E-state index contributed by atoms with van der Waals surface area (Å²) in [5, 5.41) is 0.349. The number of benzene rings is 1. The van der Waals surface area contributed by atoms with Crippen molar-refractivity contribution in [1.29, 1.82) is 0 Å². The van der Waals surface area contributed by atoms with Gasteiger partial charge < -0.3 is 9.47 Å². The zero-order valence-corrected chi connectivity index (χ0v) is 10.2. The van der Waals surface area contributed by atoms with E-state index in [2.05, 4.69) is 9.97 Å². The fourth-order valence-electron chi connectivity index (χ4n) is 1.37. The summed E-state index contributed by atoms with van der Waals surface area (Å²) in [5.74, 6) is 2.18. The van der Waals surface area contributed by atoms with E-state index in [4.69, 9.17) is 21.1 Å². The third kappa shape index (κ3) is 2.85. The maximum atomic E-state index is 5.83. The van der Waals surface area contributed by atoms with E-state index >= 15 is 0 Å². The predicted molar refractivity (Wildman–Crippen MR) is 64.8 cm³/mol. The maximum Gasteiger partial charge on any atom is 0.224 e. The molecule has 1 aromatic heterocycles. The Bertz CT molecular complexity index is 511. The first-order valence-corrected chi connectivity index (χ1v) is 5.39.